The number of fused-ring (bicyclic) bond motifs is 3. The molecule has 0 bridgehead atoms. The van der Waals surface area contributed by atoms with Crippen LogP contribution in [0.3, 0.4) is 0 Å². The predicted molar refractivity (Wildman–Crippen MR) is 105 cm³/mol. The van der Waals surface area contributed by atoms with Crippen LogP contribution < -0.4 is 10.9 Å². The summed E-state index contributed by atoms with van der Waals surface area (Å²) < 4.78 is 1.38. The molecule has 1 aliphatic carbocycles. The molecular weight excluding hydrogens is 370 g/mol. The fourth-order valence-electron chi connectivity index (χ4n) is 3.40. The fourth-order valence-corrected chi connectivity index (χ4v) is 4.93. The Balaban J connectivity index is 1.62. The van der Waals surface area contributed by atoms with Crippen molar-refractivity contribution in [2.24, 2.45) is 5.92 Å². The topological polar surface area (TPSA) is 64.0 Å². The number of benzene rings is 1. The average Bonchev–Trinajstić information content (AvgIpc) is 2.95. The largest absolute Gasteiger partial charge is 0.324 e. The molecule has 5 nitrogen and oxygen atoms in total. The summed E-state index contributed by atoms with van der Waals surface area (Å²) in [5.74, 6) is 0.356. The second-order valence-electron chi connectivity index (χ2n) is 6.77. The summed E-state index contributed by atoms with van der Waals surface area (Å²) in [6.45, 7) is 2.16. The molecule has 3 aromatic rings. The highest BCUT2D eigenvalue weighted by molar-refractivity contribution is 7.18. The van der Waals surface area contributed by atoms with E-state index in [9.17, 15) is 9.59 Å². The molecule has 2 heterocycles. The summed E-state index contributed by atoms with van der Waals surface area (Å²) >= 11 is 7.54. The third-order valence-corrected chi connectivity index (χ3v) is 6.10. The Morgan fingerprint density at radius 3 is 3.12 bits per heavy atom. The molecule has 0 saturated heterocycles. The van der Waals surface area contributed by atoms with Crippen LogP contribution in [0.2, 0.25) is 5.02 Å². The molecule has 0 aliphatic heterocycles. The summed E-state index contributed by atoms with van der Waals surface area (Å²) in [4.78, 5) is 31.7. The summed E-state index contributed by atoms with van der Waals surface area (Å²) in [5, 5.41) is 3.99. The molecule has 0 radical (unpaired) electrons. The van der Waals surface area contributed by atoms with Gasteiger partial charge in [-0.15, -0.1) is 11.3 Å². The third-order valence-electron chi connectivity index (χ3n) is 4.70. The first-order valence-corrected chi connectivity index (χ1v) is 9.76. The fraction of sp³-hybridized carbons (Fsp3) is 0.316. The van der Waals surface area contributed by atoms with Crippen molar-refractivity contribution in [3.05, 3.63) is 56.4 Å². The first kappa shape index (κ1) is 17.2. The molecule has 26 heavy (non-hydrogen) atoms. The van der Waals surface area contributed by atoms with Gasteiger partial charge < -0.3 is 5.32 Å². The number of rotatable bonds is 3. The van der Waals surface area contributed by atoms with Gasteiger partial charge in [0.2, 0.25) is 5.91 Å². The van der Waals surface area contributed by atoms with Gasteiger partial charge in [0.05, 0.1) is 11.7 Å². The number of aromatic nitrogens is 2. The highest BCUT2D eigenvalue weighted by atomic mass is 35.5. The number of thiophene rings is 1. The Kier molecular flexibility index (Phi) is 4.54. The van der Waals surface area contributed by atoms with E-state index in [0.717, 1.165) is 29.7 Å². The minimum absolute atomic E-state index is 0.0741. The van der Waals surface area contributed by atoms with Gasteiger partial charge in [-0.2, -0.15) is 0 Å². The maximum absolute atomic E-state index is 12.9. The zero-order valence-corrected chi connectivity index (χ0v) is 15.9. The van der Waals surface area contributed by atoms with E-state index in [2.05, 4.69) is 17.2 Å². The number of hydrogen-bond acceptors (Lipinski definition) is 4. The van der Waals surface area contributed by atoms with E-state index in [1.807, 2.05) is 0 Å². The van der Waals surface area contributed by atoms with Gasteiger partial charge in [-0.05, 0) is 48.9 Å². The predicted octanol–water partition coefficient (Wildman–Crippen LogP) is 3.87. The minimum atomic E-state index is -0.284. The molecule has 1 N–H and O–H groups in total. The lowest BCUT2D eigenvalue weighted by atomic mass is 9.89. The van der Waals surface area contributed by atoms with Crippen LogP contribution in [0.1, 0.15) is 23.8 Å². The molecule has 0 spiro atoms. The number of nitrogens with one attached hydrogen (secondary N) is 1. The number of anilines is 1. The Bertz CT molecular complexity index is 1060. The molecule has 0 unspecified atom stereocenters. The van der Waals surface area contributed by atoms with Gasteiger partial charge in [-0.1, -0.05) is 24.6 Å². The van der Waals surface area contributed by atoms with E-state index in [-0.39, 0.29) is 18.0 Å². The van der Waals surface area contributed by atoms with Crippen LogP contribution >= 0.6 is 22.9 Å². The molecule has 1 aromatic carbocycles. The molecule has 2 aromatic heterocycles. The van der Waals surface area contributed by atoms with Crippen molar-refractivity contribution in [1.82, 2.24) is 9.55 Å². The second kappa shape index (κ2) is 6.85. The maximum Gasteiger partial charge on any atom is 0.262 e. The van der Waals surface area contributed by atoms with Crippen LogP contribution in [-0.4, -0.2) is 15.5 Å². The monoisotopic (exact) mass is 387 g/mol. The van der Waals surface area contributed by atoms with Crippen molar-refractivity contribution in [2.75, 3.05) is 5.32 Å². The molecule has 1 amide bonds. The normalized spacial score (nSPS) is 16.5. The molecule has 0 fully saturated rings. The smallest absolute Gasteiger partial charge is 0.262 e. The third kappa shape index (κ3) is 3.27. The van der Waals surface area contributed by atoms with Crippen molar-refractivity contribution < 1.29 is 4.79 Å². The quantitative estimate of drug-likeness (QED) is 0.741. The minimum Gasteiger partial charge on any atom is -0.324 e. The van der Waals surface area contributed by atoms with Crippen LogP contribution in [0, 0.1) is 5.92 Å². The lowest BCUT2D eigenvalue weighted by Gasteiger charge is -2.17. The molecule has 0 saturated carbocycles. The van der Waals surface area contributed by atoms with Crippen molar-refractivity contribution in [1.29, 1.82) is 0 Å². The lowest BCUT2D eigenvalue weighted by molar-refractivity contribution is -0.116. The molecule has 134 valence electrons. The van der Waals surface area contributed by atoms with Gasteiger partial charge in [0.1, 0.15) is 11.4 Å². The number of carbonyl (C=O) groups is 1. The van der Waals surface area contributed by atoms with Crippen LogP contribution in [0.5, 0.6) is 0 Å². The van der Waals surface area contributed by atoms with Crippen LogP contribution in [-0.2, 0) is 24.2 Å². The van der Waals surface area contributed by atoms with Gasteiger partial charge in [0, 0.05) is 15.6 Å². The van der Waals surface area contributed by atoms with Crippen molar-refractivity contribution in [3.63, 3.8) is 0 Å². The standard InChI is InChI=1S/C19H18ClN3O2S/c1-11-5-6-14-15(7-11)26-18-17(14)19(25)23(10-21-18)9-16(24)22-13-4-2-3-12(20)8-13/h2-4,8,10-11H,5-7,9H2,1H3,(H,22,24)/t11-/m1/s1. The SMILES string of the molecule is C[C@@H]1CCc2c(sc3ncn(CC(=O)Nc4cccc(Cl)c4)c(=O)c23)C1. The van der Waals surface area contributed by atoms with Gasteiger partial charge in [0.15, 0.2) is 0 Å². The van der Waals surface area contributed by atoms with Gasteiger partial charge in [-0.25, -0.2) is 4.98 Å². The van der Waals surface area contributed by atoms with Gasteiger partial charge in [-0.3, -0.25) is 14.2 Å². The van der Waals surface area contributed by atoms with Crippen molar-refractivity contribution in [3.8, 4) is 0 Å². The highest BCUT2D eigenvalue weighted by Crippen LogP contribution is 2.35. The zero-order valence-electron chi connectivity index (χ0n) is 14.3. The Hall–Kier alpha value is -2.18. The first-order chi connectivity index (χ1) is 12.5. The van der Waals surface area contributed by atoms with Gasteiger partial charge in [0.25, 0.3) is 5.56 Å². The van der Waals surface area contributed by atoms with E-state index in [4.69, 9.17) is 11.6 Å². The van der Waals surface area contributed by atoms with E-state index in [1.165, 1.54) is 15.8 Å². The number of carbonyl (C=O) groups excluding carboxylic acids is 1. The molecule has 4 rings (SSSR count). The lowest BCUT2D eigenvalue weighted by Crippen LogP contribution is -2.28. The number of halogens is 1. The van der Waals surface area contributed by atoms with Crippen molar-refractivity contribution in [2.45, 2.75) is 32.7 Å². The molecule has 1 atom stereocenters. The van der Waals surface area contributed by atoms with E-state index >= 15 is 0 Å². The van der Waals surface area contributed by atoms with Crippen LogP contribution in [0.25, 0.3) is 10.2 Å². The molecular formula is C19H18ClN3O2S. The summed E-state index contributed by atoms with van der Waals surface area (Å²) in [6, 6.07) is 6.92. The Morgan fingerprint density at radius 1 is 1.46 bits per heavy atom. The van der Waals surface area contributed by atoms with E-state index in [0.29, 0.717) is 22.0 Å². The van der Waals surface area contributed by atoms with Crippen LogP contribution in [0.4, 0.5) is 5.69 Å². The molecule has 1 aliphatic rings. The zero-order chi connectivity index (χ0) is 18.3. The summed E-state index contributed by atoms with van der Waals surface area (Å²) in [6.07, 6.45) is 4.47. The van der Waals surface area contributed by atoms with E-state index in [1.54, 1.807) is 35.6 Å². The van der Waals surface area contributed by atoms with Gasteiger partial charge >= 0.3 is 0 Å². The van der Waals surface area contributed by atoms with E-state index < -0.39 is 0 Å². The first-order valence-electron chi connectivity index (χ1n) is 8.56. The van der Waals surface area contributed by atoms with Crippen LogP contribution in [0.15, 0.2) is 35.4 Å². The number of nitrogens with zero attached hydrogens (tertiary/aromatic N) is 2. The van der Waals surface area contributed by atoms with Crippen molar-refractivity contribution >= 4 is 44.7 Å². The number of hydrogen-bond donors (Lipinski definition) is 1. The Labute approximate surface area is 159 Å². The summed E-state index contributed by atoms with van der Waals surface area (Å²) in [7, 11) is 0. The highest BCUT2D eigenvalue weighted by Gasteiger charge is 2.23. The summed E-state index contributed by atoms with van der Waals surface area (Å²) in [5.41, 5.74) is 1.60. The number of aryl methyl sites for hydroxylation is 1. The Morgan fingerprint density at radius 2 is 2.31 bits per heavy atom. The second-order valence-corrected chi connectivity index (χ2v) is 8.29. The number of amides is 1. The average molecular weight is 388 g/mol. The molecule has 7 heteroatoms. The maximum atomic E-state index is 12.9.